The molecule has 0 spiro atoms. The summed E-state index contributed by atoms with van der Waals surface area (Å²) in [5.74, 6) is 0.690. The summed E-state index contributed by atoms with van der Waals surface area (Å²) in [7, 11) is 0. The van der Waals surface area contributed by atoms with Crippen LogP contribution in [0.4, 0.5) is 5.69 Å². The van der Waals surface area contributed by atoms with E-state index in [-0.39, 0.29) is 0 Å². The van der Waals surface area contributed by atoms with E-state index < -0.39 is 0 Å². The number of hydrogen-bond donors (Lipinski definition) is 1. The van der Waals surface area contributed by atoms with Gasteiger partial charge in [0.15, 0.2) is 0 Å². The lowest BCUT2D eigenvalue weighted by Crippen LogP contribution is -2.05. The van der Waals surface area contributed by atoms with Crippen LogP contribution in [0.3, 0.4) is 0 Å². The summed E-state index contributed by atoms with van der Waals surface area (Å²) in [5, 5.41) is 0. The summed E-state index contributed by atoms with van der Waals surface area (Å²) in [6, 6.07) is 7.94. The van der Waals surface area contributed by atoms with E-state index in [4.69, 9.17) is 10.5 Å². The number of hydrogen-bond acceptors (Lipinski definition) is 3. The molecule has 74 valence electrons. The summed E-state index contributed by atoms with van der Waals surface area (Å²) in [5.41, 5.74) is 7.46. The van der Waals surface area contributed by atoms with Gasteiger partial charge in [-0.05, 0) is 18.6 Å². The van der Waals surface area contributed by atoms with Gasteiger partial charge in [-0.15, -0.1) is 0 Å². The Labute approximate surface area is 83.6 Å². The Kier molecular flexibility index (Phi) is 2.39. The van der Waals surface area contributed by atoms with E-state index in [9.17, 15) is 0 Å². The van der Waals surface area contributed by atoms with Crippen LogP contribution in [-0.4, -0.2) is 18.5 Å². The molecule has 1 aromatic rings. The molecule has 1 aromatic carbocycles. The van der Waals surface area contributed by atoms with Crippen LogP contribution in [0.2, 0.25) is 0 Å². The van der Waals surface area contributed by atoms with E-state index in [0.29, 0.717) is 18.5 Å². The Morgan fingerprint density at radius 1 is 1.50 bits per heavy atom. The monoisotopic (exact) mass is 190 g/mol. The predicted octanol–water partition coefficient (Wildman–Crippen LogP) is 1.82. The van der Waals surface area contributed by atoms with Gasteiger partial charge < -0.3 is 10.5 Å². The molecule has 0 aromatic heterocycles. The highest BCUT2D eigenvalue weighted by atomic mass is 16.5. The lowest BCUT2D eigenvalue weighted by atomic mass is 10.2. The Hall–Kier alpha value is -1.51. The zero-order chi connectivity index (χ0) is 9.97. The molecule has 0 amide bonds. The standard InChI is InChI=1S/C11H14N2O/c1-2-8-7-14-11(13-8)9-5-3-4-6-10(9)12/h3-6,8H,2,7,12H2,1H3/t8-/m0/s1. The fraction of sp³-hybridized carbons (Fsp3) is 0.364. The average Bonchev–Trinajstić information content (AvgIpc) is 2.67. The van der Waals surface area contributed by atoms with Gasteiger partial charge in [-0.3, -0.25) is 0 Å². The molecular weight excluding hydrogens is 176 g/mol. The van der Waals surface area contributed by atoms with E-state index in [2.05, 4.69) is 11.9 Å². The molecule has 0 unspecified atom stereocenters. The van der Waals surface area contributed by atoms with Gasteiger partial charge in [-0.25, -0.2) is 4.99 Å². The lowest BCUT2D eigenvalue weighted by Gasteiger charge is -2.03. The van der Waals surface area contributed by atoms with Crippen LogP contribution in [0.15, 0.2) is 29.3 Å². The Bertz CT molecular complexity index is 360. The van der Waals surface area contributed by atoms with Crippen molar-refractivity contribution in [2.24, 2.45) is 4.99 Å². The third-order valence-corrected chi connectivity index (χ3v) is 2.37. The minimum atomic E-state index is 0.296. The van der Waals surface area contributed by atoms with Crippen molar-refractivity contribution in [3.63, 3.8) is 0 Å². The van der Waals surface area contributed by atoms with Crippen LogP contribution in [0, 0.1) is 0 Å². The van der Waals surface area contributed by atoms with Crippen LogP contribution < -0.4 is 5.73 Å². The molecule has 0 radical (unpaired) electrons. The van der Waals surface area contributed by atoms with E-state index in [1.165, 1.54) is 0 Å². The molecular formula is C11H14N2O. The molecule has 1 aliphatic rings. The van der Waals surface area contributed by atoms with Crippen LogP contribution in [0.1, 0.15) is 18.9 Å². The largest absolute Gasteiger partial charge is 0.475 e. The zero-order valence-corrected chi connectivity index (χ0v) is 8.23. The SMILES string of the molecule is CC[C@H]1COC(c2ccccc2N)=N1. The Morgan fingerprint density at radius 2 is 2.29 bits per heavy atom. The highest BCUT2D eigenvalue weighted by Gasteiger charge is 2.19. The van der Waals surface area contributed by atoms with Gasteiger partial charge in [0.1, 0.15) is 6.61 Å². The molecule has 0 aliphatic carbocycles. The molecule has 2 rings (SSSR count). The minimum Gasteiger partial charge on any atom is -0.475 e. The fourth-order valence-electron chi connectivity index (χ4n) is 1.46. The maximum absolute atomic E-state index is 5.83. The van der Waals surface area contributed by atoms with Crippen molar-refractivity contribution in [1.29, 1.82) is 0 Å². The first-order chi connectivity index (χ1) is 6.81. The predicted molar refractivity (Wildman–Crippen MR) is 57.4 cm³/mol. The minimum absolute atomic E-state index is 0.296. The Balaban J connectivity index is 2.28. The van der Waals surface area contributed by atoms with Crippen LogP contribution >= 0.6 is 0 Å². The van der Waals surface area contributed by atoms with Gasteiger partial charge >= 0.3 is 0 Å². The van der Waals surface area contributed by atoms with Crippen molar-refractivity contribution in [3.05, 3.63) is 29.8 Å². The number of ether oxygens (including phenoxy) is 1. The Morgan fingerprint density at radius 3 is 2.93 bits per heavy atom. The van der Waals surface area contributed by atoms with Gasteiger partial charge in [-0.1, -0.05) is 19.1 Å². The molecule has 14 heavy (non-hydrogen) atoms. The quantitative estimate of drug-likeness (QED) is 0.723. The first-order valence-corrected chi connectivity index (χ1v) is 4.86. The number of rotatable bonds is 2. The molecule has 2 N–H and O–H groups in total. The third-order valence-electron chi connectivity index (χ3n) is 2.37. The van der Waals surface area contributed by atoms with Crippen molar-refractivity contribution in [1.82, 2.24) is 0 Å². The van der Waals surface area contributed by atoms with E-state index >= 15 is 0 Å². The van der Waals surface area contributed by atoms with Crippen LogP contribution in [0.5, 0.6) is 0 Å². The van der Waals surface area contributed by atoms with E-state index in [1.54, 1.807) is 0 Å². The highest BCUT2D eigenvalue weighted by molar-refractivity contribution is 5.99. The summed E-state index contributed by atoms with van der Waals surface area (Å²) in [6.45, 7) is 2.79. The van der Waals surface area contributed by atoms with Crippen LogP contribution in [0.25, 0.3) is 0 Å². The smallest absolute Gasteiger partial charge is 0.218 e. The lowest BCUT2D eigenvalue weighted by molar-refractivity contribution is 0.315. The number of nitrogen functional groups attached to an aromatic ring is 1. The van der Waals surface area contributed by atoms with Crippen molar-refractivity contribution >= 4 is 11.6 Å². The van der Waals surface area contributed by atoms with Gasteiger partial charge in [0, 0.05) is 5.69 Å². The average molecular weight is 190 g/mol. The second-order valence-corrected chi connectivity index (χ2v) is 3.39. The summed E-state index contributed by atoms with van der Waals surface area (Å²) in [6.07, 6.45) is 1.01. The molecule has 3 nitrogen and oxygen atoms in total. The number of anilines is 1. The number of para-hydroxylation sites is 1. The van der Waals surface area contributed by atoms with Crippen molar-refractivity contribution < 1.29 is 4.74 Å². The van der Waals surface area contributed by atoms with Crippen molar-refractivity contribution in [3.8, 4) is 0 Å². The summed E-state index contributed by atoms with van der Waals surface area (Å²) >= 11 is 0. The van der Waals surface area contributed by atoms with Gasteiger partial charge in [0.25, 0.3) is 0 Å². The van der Waals surface area contributed by atoms with E-state index in [1.807, 2.05) is 24.3 Å². The normalized spacial score (nSPS) is 20.4. The van der Waals surface area contributed by atoms with Crippen LogP contribution in [-0.2, 0) is 4.74 Å². The number of benzene rings is 1. The second kappa shape index (κ2) is 3.70. The van der Waals surface area contributed by atoms with Gasteiger partial charge in [-0.2, -0.15) is 0 Å². The maximum Gasteiger partial charge on any atom is 0.218 e. The highest BCUT2D eigenvalue weighted by Crippen LogP contribution is 2.18. The number of nitrogens with two attached hydrogens (primary N) is 1. The maximum atomic E-state index is 5.83. The summed E-state index contributed by atoms with van der Waals surface area (Å²) < 4.78 is 5.49. The number of aliphatic imine (C=N–C) groups is 1. The molecule has 1 aliphatic heterocycles. The van der Waals surface area contributed by atoms with Crippen molar-refractivity contribution in [2.75, 3.05) is 12.3 Å². The summed E-state index contributed by atoms with van der Waals surface area (Å²) in [4.78, 5) is 4.45. The topological polar surface area (TPSA) is 47.6 Å². The van der Waals surface area contributed by atoms with Gasteiger partial charge in [0.2, 0.25) is 5.90 Å². The molecule has 3 heteroatoms. The third kappa shape index (κ3) is 1.58. The first kappa shape index (κ1) is 9.06. The molecule has 1 atom stereocenters. The first-order valence-electron chi connectivity index (χ1n) is 4.86. The second-order valence-electron chi connectivity index (χ2n) is 3.39. The number of nitrogens with zero attached hydrogens (tertiary/aromatic N) is 1. The van der Waals surface area contributed by atoms with E-state index in [0.717, 1.165) is 17.7 Å². The molecule has 0 saturated heterocycles. The van der Waals surface area contributed by atoms with Crippen molar-refractivity contribution in [2.45, 2.75) is 19.4 Å². The molecule has 1 heterocycles. The molecule has 0 bridgehead atoms. The molecule has 0 saturated carbocycles. The molecule has 0 fully saturated rings. The fourth-order valence-corrected chi connectivity index (χ4v) is 1.46. The zero-order valence-electron chi connectivity index (χ0n) is 8.23. The van der Waals surface area contributed by atoms with Gasteiger partial charge in [0.05, 0.1) is 11.6 Å².